The van der Waals surface area contributed by atoms with E-state index in [0.29, 0.717) is 0 Å². The van der Waals surface area contributed by atoms with Gasteiger partial charge in [0.1, 0.15) is 11.2 Å². The summed E-state index contributed by atoms with van der Waals surface area (Å²) in [4.78, 5) is 12.2. The zero-order valence-corrected chi connectivity index (χ0v) is 11.2. The van der Waals surface area contributed by atoms with Crippen LogP contribution in [0.1, 0.15) is 16.8 Å². The maximum Gasteiger partial charge on any atom is 0.402 e. The van der Waals surface area contributed by atoms with Crippen molar-refractivity contribution in [2.24, 2.45) is 5.41 Å². The van der Waals surface area contributed by atoms with E-state index in [1.165, 1.54) is 12.1 Å². The van der Waals surface area contributed by atoms with Crippen LogP contribution in [0.2, 0.25) is 0 Å². The molecule has 1 N–H and O–H groups in total. The molecule has 1 aromatic rings. The summed E-state index contributed by atoms with van der Waals surface area (Å²) in [6, 6.07) is 3.75. The van der Waals surface area contributed by atoms with Gasteiger partial charge >= 0.3 is 6.18 Å². The number of carbonyl (C=O) groups is 1. The number of carbonyl (C=O) groups excluding carboxylic acids is 1. The highest BCUT2D eigenvalue weighted by Crippen LogP contribution is 2.45. The number of rotatable bonds is 2. The van der Waals surface area contributed by atoms with E-state index < -0.39 is 35.3 Å². The number of hydrogen-bond acceptors (Lipinski definition) is 2. The van der Waals surface area contributed by atoms with Gasteiger partial charge in [0.15, 0.2) is 5.78 Å². The fourth-order valence-electron chi connectivity index (χ4n) is 2.19. The average Bonchev–Trinajstić information content (AvgIpc) is 2.81. The Morgan fingerprint density at radius 2 is 2.05 bits per heavy atom. The zero-order valence-electron chi connectivity index (χ0n) is 9.65. The smallest absolute Gasteiger partial charge is 0.315 e. The van der Waals surface area contributed by atoms with Gasteiger partial charge in [0.25, 0.3) is 0 Å². The van der Waals surface area contributed by atoms with Gasteiger partial charge in [-0.05, 0) is 41.0 Å². The number of ketones is 1. The molecule has 2 rings (SSSR count). The third-order valence-corrected chi connectivity index (χ3v) is 3.94. The van der Waals surface area contributed by atoms with Crippen molar-refractivity contribution in [2.75, 3.05) is 13.1 Å². The second kappa shape index (κ2) is 4.86. The molecular weight excluding hydrogens is 330 g/mol. The Morgan fingerprint density at radius 1 is 1.37 bits per heavy atom. The highest BCUT2D eigenvalue weighted by atomic mass is 79.9. The molecule has 1 aliphatic rings. The quantitative estimate of drug-likeness (QED) is 0.661. The molecule has 1 saturated heterocycles. The Labute approximate surface area is 115 Å². The molecule has 0 spiro atoms. The van der Waals surface area contributed by atoms with Crippen LogP contribution in [0.15, 0.2) is 22.7 Å². The fourth-order valence-corrected chi connectivity index (χ4v) is 2.56. The van der Waals surface area contributed by atoms with Gasteiger partial charge in [0, 0.05) is 6.54 Å². The van der Waals surface area contributed by atoms with Crippen LogP contribution < -0.4 is 5.32 Å². The summed E-state index contributed by atoms with van der Waals surface area (Å²) in [7, 11) is 0. The molecule has 0 aromatic heterocycles. The van der Waals surface area contributed by atoms with Crippen molar-refractivity contribution in [3.63, 3.8) is 0 Å². The molecule has 1 aromatic carbocycles. The molecule has 2 nitrogen and oxygen atoms in total. The van der Waals surface area contributed by atoms with Crippen LogP contribution in [-0.2, 0) is 0 Å². The molecule has 19 heavy (non-hydrogen) atoms. The van der Waals surface area contributed by atoms with Gasteiger partial charge in [-0.1, -0.05) is 6.07 Å². The van der Waals surface area contributed by atoms with E-state index in [4.69, 9.17) is 0 Å². The van der Waals surface area contributed by atoms with Crippen LogP contribution in [0.4, 0.5) is 17.6 Å². The monoisotopic (exact) mass is 339 g/mol. The predicted molar refractivity (Wildman–Crippen MR) is 64.4 cm³/mol. The second-order valence-electron chi connectivity index (χ2n) is 4.44. The predicted octanol–water partition coefficient (Wildman–Crippen LogP) is 3.31. The molecular formula is C12H10BrF4NO. The topological polar surface area (TPSA) is 29.1 Å². The first-order valence-electron chi connectivity index (χ1n) is 5.56. The molecule has 0 amide bonds. The number of halogens is 5. The fraction of sp³-hybridized carbons (Fsp3) is 0.417. The van der Waals surface area contributed by atoms with E-state index in [0.717, 1.165) is 6.07 Å². The van der Waals surface area contributed by atoms with E-state index >= 15 is 0 Å². The van der Waals surface area contributed by atoms with E-state index in [1.807, 2.05) is 0 Å². The van der Waals surface area contributed by atoms with E-state index in [1.54, 1.807) is 0 Å². The molecule has 1 heterocycles. The van der Waals surface area contributed by atoms with E-state index in [2.05, 4.69) is 21.2 Å². The van der Waals surface area contributed by atoms with Crippen LogP contribution in [0.25, 0.3) is 0 Å². The van der Waals surface area contributed by atoms with Crippen molar-refractivity contribution in [1.29, 1.82) is 0 Å². The minimum atomic E-state index is -4.71. The summed E-state index contributed by atoms with van der Waals surface area (Å²) in [5, 5.41) is 2.53. The van der Waals surface area contributed by atoms with Crippen LogP contribution >= 0.6 is 15.9 Å². The van der Waals surface area contributed by atoms with Gasteiger partial charge in [-0.15, -0.1) is 0 Å². The molecule has 0 saturated carbocycles. The molecule has 0 radical (unpaired) electrons. The third-order valence-electron chi connectivity index (χ3n) is 3.33. The number of alkyl halides is 3. The van der Waals surface area contributed by atoms with Gasteiger partial charge < -0.3 is 5.32 Å². The maximum absolute atomic E-state index is 13.8. The maximum atomic E-state index is 13.8. The number of benzene rings is 1. The molecule has 1 atom stereocenters. The van der Waals surface area contributed by atoms with Crippen LogP contribution in [0.5, 0.6) is 0 Å². The normalized spacial score (nSPS) is 23.6. The van der Waals surface area contributed by atoms with Crippen LogP contribution in [0.3, 0.4) is 0 Å². The van der Waals surface area contributed by atoms with Crippen molar-refractivity contribution in [1.82, 2.24) is 5.32 Å². The van der Waals surface area contributed by atoms with Crippen molar-refractivity contribution >= 4 is 21.7 Å². The number of hydrogen-bond donors (Lipinski definition) is 1. The van der Waals surface area contributed by atoms with Crippen LogP contribution in [-0.4, -0.2) is 25.0 Å². The van der Waals surface area contributed by atoms with Crippen molar-refractivity contribution in [3.8, 4) is 0 Å². The van der Waals surface area contributed by atoms with E-state index in [9.17, 15) is 22.4 Å². The first kappa shape index (κ1) is 14.5. The summed E-state index contributed by atoms with van der Waals surface area (Å²) in [6.07, 6.45) is -5.08. The minimum Gasteiger partial charge on any atom is -0.315 e. The van der Waals surface area contributed by atoms with Crippen molar-refractivity contribution in [2.45, 2.75) is 12.6 Å². The molecule has 1 unspecified atom stereocenters. The summed E-state index contributed by atoms with van der Waals surface area (Å²) in [5.74, 6) is -2.17. The minimum absolute atomic E-state index is 0.0263. The van der Waals surface area contributed by atoms with Gasteiger partial charge in [-0.3, -0.25) is 4.79 Å². The molecule has 1 fully saturated rings. The third kappa shape index (κ3) is 2.29. The van der Waals surface area contributed by atoms with Gasteiger partial charge in [0.05, 0.1) is 10.0 Å². The first-order chi connectivity index (χ1) is 8.79. The van der Waals surface area contributed by atoms with Gasteiger partial charge in [0.2, 0.25) is 0 Å². The standard InChI is InChI=1S/C12H10BrF4NO/c13-8-3-1-2-7(9(8)14)10(19)11(12(15,16)17)4-5-18-6-11/h1-3,18H,4-6H2. The molecule has 1 aliphatic heterocycles. The van der Waals surface area contributed by atoms with Gasteiger partial charge in [-0.2, -0.15) is 13.2 Å². The highest BCUT2D eigenvalue weighted by Gasteiger charge is 2.61. The largest absolute Gasteiger partial charge is 0.402 e. The molecule has 104 valence electrons. The summed E-state index contributed by atoms with van der Waals surface area (Å²) < 4.78 is 53.3. The highest BCUT2D eigenvalue weighted by molar-refractivity contribution is 9.10. The first-order valence-corrected chi connectivity index (χ1v) is 6.35. The molecule has 0 bridgehead atoms. The lowest BCUT2D eigenvalue weighted by atomic mass is 9.78. The lowest BCUT2D eigenvalue weighted by Gasteiger charge is -2.29. The summed E-state index contributed by atoms with van der Waals surface area (Å²) in [5.41, 5.74) is -3.07. The molecule has 7 heteroatoms. The molecule has 0 aliphatic carbocycles. The zero-order chi connectivity index (χ0) is 14.3. The van der Waals surface area contributed by atoms with Crippen LogP contribution in [0, 0.1) is 11.2 Å². The lowest BCUT2D eigenvalue weighted by Crippen LogP contribution is -2.47. The Morgan fingerprint density at radius 3 is 2.58 bits per heavy atom. The Balaban J connectivity index is 2.50. The summed E-state index contributed by atoms with van der Waals surface area (Å²) >= 11 is 2.87. The number of Topliss-reactive ketones (excluding diaryl/α,β-unsaturated/α-hetero) is 1. The Hall–Kier alpha value is -0.950. The lowest BCUT2D eigenvalue weighted by molar-refractivity contribution is -0.197. The Bertz CT molecular complexity index is 509. The average molecular weight is 340 g/mol. The van der Waals surface area contributed by atoms with Crippen molar-refractivity contribution < 1.29 is 22.4 Å². The van der Waals surface area contributed by atoms with E-state index in [-0.39, 0.29) is 17.4 Å². The Kier molecular flexibility index (Phi) is 3.70. The number of nitrogens with one attached hydrogen (secondary N) is 1. The van der Waals surface area contributed by atoms with Gasteiger partial charge in [-0.25, -0.2) is 4.39 Å². The SMILES string of the molecule is O=C(c1cccc(Br)c1F)C1(C(F)(F)F)CCNC1. The summed E-state index contributed by atoms with van der Waals surface area (Å²) in [6.45, 7) is -0.428. The van der Waals surface area contributed by atoms with Crippen molar-refractivity contribution in [3.05, 3.63) is 34.1 Å². The second-order valence-corrected chi connectivity index (χ2v) is 5.29.